The van der Waals surface area contributed by atoms with Gasteiger partial charge >= 0.3 is 0 Å². The van der Waals surface area contributed by atoms with Crippen molar-refractivity contribution in [3.63, 3.8) is 0 Å². The molecule has 0 aliphatic heterocycles. The molecule has 2 heteroatoms. The fraction of sp³-hybridized carbons (Fsp3) is 0.444. The monoisotopic (exact) mass is 270 g/mol. The van der Waals surface area contributed by atoms with E-state index in [9.17, 15) is 5.11 Å². The smallest absolute Gasteiger partial charge is 0.123 e. The molecule has 2 atom stereocenters. The standard InChI is InChI=1S/C18H22O2/c1-2-20-17-12-11-13-7-3-4-8-14(13)18(17)15-9-5-6-10-16(15)19/h3-4,7-8,11-12,15-16,19H,2,5-6,9-10H2,1H3/t15-,16+/m0/s1. The summed E-state index contributed by atoms with van der Waals surface area (Å²) in [6.07, 6.45) is 4.03. The lowest BCUT2D eigenvalue weighted by atomic mass is 9.79. The Balaban J connectivity index is 2.15. The van der Waals surface area contributed by atoms with Crippen LogP contribution in [0.1, 0.15) is 44.1 Å². The third-order valence-corrected chi connectivity index (χ3v) is 4.33. The van der Waals surface area contributed by atoms with Crippen LogP contribution in [0.15, 0.2) is 36.4 Å². The van der Waals surface area contributed by atoms with Crippen molar-refractivity contribution in [3.05, 3.63) is 42.0 Å². The molecule has 1 saturated carbocycles. The van der Waals surface area contributed by atoms with Crippen molar-refractivity contribution >= 4 is 10.8 Å². The lowest BCUT2D eigenvalue weighted by Crippen LogP contribution is -2.23. The van der Waals surface area contributed by atoms with E-state index in [-0.39, 0.29) is 12.0 Å². The fourth-order valence-corrected chi connectivity index (χ4v) is 3.39. The quantitative estimate of drug-likeness (QED) is 0.903. The summed E-state index contributed by atoms with van der Waals surface area (Å²) < 4.78 is 5.84. The van der Waals surface area contributed by atoms with Gasteiger partial charge in [-0.05, 0) is 36.6 Å². The molecule has 106 valence electrons. The van der Waals surface area contributed by atoms with Crippen LogP contribution in [0, 0.1) is 0 Å². The highest BCUT2D eigenvalue weighted by Gasteiger charge is 2.28. The van der Waals surface area contributed by atoms with Crippen molar-refractivity contribution in [3.8, 4) is 5.75 Å². The van der Waals surface area contributed by atoms with E-state index in [2.05, 4.69) is 36.4 Å². The zero-order valence-electron chi connectivity index (χ0n) is 12.0. The molecule has 1 aliphatic rings. The molecule has 2 aromatic carbocycles. The first-order valence-electron chi connectivity index (χ1n) is 7.63. The van der Waals surface area contributed by atoms with E-state index in [1.807, 2.05) is 6.92 Å². The van der Waals surface area contributed by atoms with Gasteiger partial charge in [0.05, 0.1) is 12.7 Å². The van der Waals surface area contributed by atoms with Crippen LogP contribution in [0.2, 0.25) is 0 Å². The Morgan fingerprint density at radius 3 is 2.70 bits per heavy atom. The average molecular weight is 270 g/mol. The summed E-state index contributed by atoms with van der Waals surface area (Å²) in [5.74, 6) is 1.15. The molecule has 2 aromatic rings. The number of fused-ring (bicyclic) bond motifs is 1. The average Bonchev–Trinajstić information content (AvgIpc) is 2.48. The zero-order chi connectivity index (χ0) is 13.9. The maximum atomic E-state index is 10.4. The zero-order valence-corrected chi connectivity index (χ0v) is 12.0. The fourth-order valence-electron chi connectivity index (χ4n) is 3.39. The molecule has 0 radical (unpaired) electrons. The van der Waals surface area contributed by atoms with Gasteiger partial charge in [-0.15, -0.1) is 0 Å². The largest absolute Gasteiger partial charge is 0.494 e. The molecule has 1 aliphatic carbocycles. The predicted octanol–water partition coefficient (Wildman–Crippen LogP) is 4.26. The molecule has 0 unspecified atom stereocenters. The molecule has 0 heterocycles. The number of hydrogen-bond donors (Lipinski definition) is 1. The van der Waals surface area contributed by atoms with E-state index in [1.165, 1.54) is 22.8 Å². The molecule has 0 bridgehead atoms. The number of ether oxygens (including phenoxy) is 1. The number of aliphatic hydroxyl groups excluding tert-OH is 1. The number of aliphatic hydroxyl groups is 1. The van der Waals surface area contributed by atoms with E-state index >= 15 is 0 Å². The van der Waals surface area contributed by atoms with Crippen LogP contribution in [0.3, 0.4) is 0 Å². The minimum absolute atomic E-state index is 0.205. The van der Waals surface area contributed by atoms with Gasteiger partial charge in [0.25, 0.3) is 0 Å². The van der Waals surface area contributed by atoms with Gasteiger partial charge in [-0.2, -0.15) is 0 Å². The van der Waals surface area contributed by atoms with Crippen molar-refractivity contribution in [2.75, 3.05) is 6.61 Å². The third kappa shape index (κ3) is 2.40. The summed E-state index contributed by atoms with van der Waals surface area (Å²) >= 11 is 0. The Kier molecular flexibility index (Phi) is 3.93. The summed E-state index contributed by atoms with van der Waals surface area (Å²) in [6, 6.07) is 12.6. The molecule has 0 aromatic heterocycles. The summed E-state index contributed by atoms with van der Waals surface area (Å²) in [4.78, 5) is 0. The van der Waals surface area contributed by atoms with Crippen molar-refractivity contribution < 1.29 is 9.84 Å². The highest BCUT2D eigenvalue weighted by molar-refractivity contribution is 5.88. The van der Waals surface area contributed by atoms with Crippen LogP contribution in [-0.2, 0) is 0 Å². The molecule has 3 rings (SSSR count). The van der Waals surface area contributed by atoms with Crippen LogP contribution in [0.4, 0.5) is 0 Å². The van der Waals surface area contributed by atoms with Gasteiger partial charge < -0.3 is 9.84 Å². The van der Waals surface area contributed by atoms with Crippen molar-refractivity contribution in [1.82, 2.24) is 0 Å². The SMILES string of the molecule is CCOc1ccc2ccccc2c1[C@H]1CCCC[C@H]1O. The first-order chi connectivity index (χ1) is 9.81. The summed E-state index contributed by atoms with van der Waals surface area (Å²) in [6.45, 7) is 2.67. The molecular weight excluding hydrogens is 248 g/mol. The topological polar surface area (TPSA) is 29.5 Å². The Labute approximate surface area is 120 Å². The van der Waals surface area contributed by atoms with E-state index in [0.29, 0.717) is 6.61 Å². The minimum Gasteiger partial charge on any atom is -0.494 e. The highest BCUT2D eigenvalue weighted by Crippen LogP contribution is 2.41. The number of benzene rings is 2. The Morgan fingerprint density at radius 1 is 1.10 bits per heavy atom. The van der Waals surface area contributed by atoms with Crippen LogP contribution < -0.4 is 4.74 Å². The maximum Gasteiger partial charge on any atom is 0.123 e. The van der Waals surface area contributed by atoms with E-state index in [1.54, 1.807) is 0 Å². The molecule has 20 heavy (non-hydrogen) atoms. The third-order valence-electron chi connectivity index (χ3n) is 4.33. The van der Waals surface area contributed by atoms with Crippen molar-refractivity contribution in [2.45, 2.75) is 44.6 Å². The minimum atomic E-state index is -0.242. The van der Waals surface area contributed by atoms with Crippen molar-refractivity contribution in [2.24, 2.45) is 0 Å². The summed E-state index contributed by atoms with van der Waals surface area (Å²) in [5, 5.41) is 12.9. The Bertz CT molecular complexity index is 591. The molecule has 2 nitrogen and oxygen atoms in total. The second-order valence-electron chi connectivity index (χ2n) is 5.59. The van der Waals surface area contributed by atoms with Gasteiger partial charge in [0.2, 0.25) is 0 Å². The number of hydrogen-bond acceptors (Lipinski definition) is 2. The first kappa shape index (κ1) is 13.4. The Morgan fingerprint density at radius 2 is 1.90 bits per heavy atom. The number of rotatable bonds is 3. The lowest BCUT2D eigenvalue weighted by molar-refractivity contribution is 0.105. The second kappa shape index (κ2) is 5.84. The molecule has 1 N–H and O–H groups in total. The second-order valence-corrected chi connectivity index (χ2v) is 5.59. The van der Waals surface area contributed by atoms with Gasteiger partial charge in [0.1, 0.15) is 5.75 Å². The first-order valence-corrected chi connectivity index (χ1v) is 7.63. The van der Waals surface area contributed by atoms with E-state index < -0.39 is 0 Å². The van der Waals surface area contributed by atoms with Gasteiger partial charge in [-0.25, -0.2) is 0 Å². The maximum absolute atomic E-state index is 10.4. The van der Waals surface area contributed by atoms with Crippen LogP contribution in [0.25, 0.3) is 10.8 Å². The van der Waals surface area contributed by atoms with E-state index in [4.69, 9.17) is 4.74 Å². The highest BCUT2D eigenvalue weighted by atomic mass is 16.5. The summed E-state index contributed by atoms with van der Waals surface area (Å²) in [5.41, 5.74) is 1.21. The van der Waals surface area contributed by atoms with E-state index in [0.717, 1.165) is 25.0 Å². The molecule has 0 spiro atoms. The van der Waals surface area contributed by atoms with Gasteiger partial charge in [0.15, 0.2) is 0 Å². The van der Waals surface area contributed by atoms with Crippen LogP contribution >= 0.6 is 0 Å². The van der Waals surface area contributed by atoms with Crippen LogP contribution in [-0.4, -0.2) is 17.8 Å². The molecule has 0 amide bonds. The van der Waals surface area contributed by atoms with Crippen LogP contribution in [0.5, 0.6) is 5.75 Å². The normalized spacial score (nSPS) is 22.9. The van der Waals surface area contributed by atoms with Gasteiger partial charge in [0, 0.05) is 11.5 Å². The molecule has 1 fully saturated rings. The van der Waals surface area contributed by atoms with Gasteiger partial charge in [-0.1, -0.05) is 43.2 Å². The predicted molar refractivity (Wildman–Crippen MR) is 82.3 cm³/mol. The van der Waals surface area contributed by atoms with Crippen molar-refractivity contribution in [1.29, 1.82) is 0 Å². The summed E-state index contributed by atoms with van der Waals surface area (Å²) in [7, 11) is 0. The lowest BCUT2D eigenvalue weighted by Gasteiger charge is -2.30. The molecular formula is C18H22O2. The Hall–Kier alpha value is -1.54. The van der Waals surface area contributed by atoms with Gasteiger partial charge in [-0.3, -0.25) is 0 Å². The molecule has 0 saturated heterocycles.